The van der Waals surface area contributed by atoms with Crippen LogP contribution in [0.2, 0.25) is 0 Å². The first-order valence-corrected chi connectivity index (χ1v) is 4.47. The lowest BCUT2D eigenvalue weighted by atomic mass is 10.2. The number of hydrogen-bond donors (Lipinski definition) is 2. The van der Waals surface area contributed by atoms with E-state index in [-0.39, 0.29) is 0 Å². The van der Waals surface area contributed by atoms with Gasteiger partial charge in [-0.2, -0.15) is 0 Å². The summed E-state index contributed by atoms with van der Waals surface area (Å²) in [5.74, 6) is 0. The van der Waals surface area contributed by atoms with Gasteiger partial charge in [0.05, 0.1) is 0 Å². The fraction of sp³-hybridized carbons (Fsp3) is 1.00. The van der Waals surface area contributed by atoms with Crippen LogP contribution < -0.4 is 10.6 Å². The van der Waals surface area contributed by atoms with Gasteiger partial charge in [-0.1, -0.05) is 13.8 Å². The average Bonchev–Trinajstić information content (AvgIpc) is 2.54. The van der Waals surface area contributed by atoms with Gasteiger partial charge in [0, 0.05) is 18.6 Å². The van der Waals surface area contributed by atoms with Gasteiger partial charge in [-0.15, -0.1) is 0 Å². The monoisotopic (exact) mass is 156 g/mol. The first-order valence-electron chi connectivity index (χ1n) is 4.47. The molecule has 1 aliphatic carbocycles. The van der Waals surface area contributed by atoms with Crippen LogP contribution in [-0.2, 0) is 0 Å². The van der Waals surface area contributed by atoms with Crippen LogP contribution >= 0.6 is 0 Å². The van der Waals surface area contributed by atoms with Crippen molar-refractivity contribution in [2.75, 3.05) is 13.6 Å². The third-order valence-corrected chi connectivity index (χ3v) is 2.68. The van der Waals surface area contributed by atoms with Gasteiger partial charge in [0.1, 0.15) is 0 Å². The minimum atomic E-state index is 0.563. The molecule has 66 valence electrons. The molecule has 1 unspecified atom stereocenters. The molecule has 2 nitrogen and oxygen atoms in total. The van der Waals surface area contributed by atoms with Gasteiger partial charge in [0.2, 0.25) is 0 Å². The molecule has 11 heavy (non-hydrogen) atoms. The molecule has 0 aromatic rings. The molecule has 0 aromatic heterocycles. The van der Waals surface area contributed by atoms with Gasteiger partial charge in [-0.05, 0) is 25.8 Å². The number of likely N-dealkylation sites (N-methyl/N-ethyl adjacent to an activating group) is 1. The second-order valence-corrected chi connectivity index (χ2v) is 4.34. The second-order valence-electron chi connectivity index (χ2n) is 4.34. The first-order chi connectivity index (χ1) is 5.06. The molecule has 0 spiro atoms. The van der Waals surface area contributed by atoms with E-state index in [9.17, 15) is 0 Å². The Kier molecular flexibility index (Phi) is 2.55. The second kappa shape index (κ2) is 3.11. The van der Waals surface area contributed by atoms with E-state index in [1.165, 1.54) is 6.42 Å². The Balaban J connectivity index is 2.06. The molecule has 1 saturated carbocycles. The van der Waals surface area contributed by atoms with Crippen LogP contribution in [-0.4, -0.2) is 25.7 Å². The van der Waals surface area contributed by atoms with Crippen LogP contribution in [0.3, 0.4) is 0 Å². The Morgan fingerprint density at radius 3 is 2.45 bits per heavy atom. The van der Waals surface area contributed by atoms with Gasteiger partial charge in [-0.25, -0.2) is 0 Å². The van der Waals surface area contributed by atoms with Crippen molar-refractivity contribution >= 4 is 0 Å². The van der Waals surface area contributed by atoms with Crippen LogP contribution in [0.1, 0.15) is 27.2 Å². The third kappa shape index (κ3) is 2.46. The van der Waals surface area contributed by atoms with Gasteiger partial charge in [0.15, 0.2) is 0 Å². The maximum atomic E-state index is 3.54. The molecule has 1 fully saturated rings. The van der Waals surface area contributed by atoms with E-state index in [2.05, 4.69) is 31.4 Å². The Hall–Kier alpha value is -0.0800. The van der Waals surface area contributed by atoms with Crippen LogP contribution in [0.15, 0.2) is 0 Å². The Morgan fingerprint density at radius 1 is 1.55 bits per heavy atom. The molecule has 2 heteroatoms. The molecule has 0 heterocycles. The number of nitrogens with one attached hydrogen (secondary N) is 2. The maximum absolute atomic E-state index is 3.54. The largest absolute Gasteiger partial charge is 0.316 e. The van der Waals surface area contributed by atoms with E-state index >= 15 is 0 Å². The molecule has 0 aromatic carbocycles. The molecule has 0 saturated heterocycles. The standard InChI is InChI=1S/C9H20N2/c1-7(10-4)6-11-8-5-9(8,2)3/h7-8,10-11H,5-6H2,1-4H3/t7-,8?/m0/s1. The first kappa shape index (κ1) is 9.01. The van der Waals surface area contributed by atoms with Crippen molar-refractivity contribution < 1.29 is 0 Å². The predicted molar refractivity (Wildman–Crippen MR) is 48.7 cm³/mol. The Bertz CT molecular complexity index is 132. The maximum Gasteiger partial charge on any atom is 0.0161 e. The normalized spacial score (nSPS) is 30.0. The minimum Gasteiger partial charge on any atom is -0.316 e. The summed E-state index contributed by atoms with van der Waals surface area (Å²) in [6.45, 7) is 7.91. The summed E-state index contributed by atoms with van der Waals surface area (Å²) in [6.07, 6.45) is 1.34. The third-order valence-electron chi connectivity index (χ3n) is 2.68. The molecule has 2 atom stereocenters. The van der Waals surface area contributed by atoms with E-state index in [0.29, 0.717) is 11.5 Å². The summed E-state index contributed by atoms with van der Waals surface area (Å²) in [4.78, 5) is 0. The smallest absolute Gasteiger partial charge is 0.0161 e. The zero-order chi connectivity index (χ0) is 8.48. The summed E-state index contributed by atoms with van der Waals surface area (Å²) in [5.41, 5.74) is 0.563. The molecule has 1 rings (SSSR count). The molecule has 0 bridgehead atoms. The molecular weight excluding hydrogens is 136 g/mol. The molecule has 0 aliphatic heterocycles. The van der Waals surface area contributed by atoms with Crippen molar-refractivity contribution in [2.24, 2.45) is 5.41 Å². The van der Waals surface area contributed by atoms with E-state index in [0.717, 1.165) is 12.6 Å². The molecule has 2 N–H and O–H groups in total. The summed E-state index contributed by atoms with van der Waals surface area (Å²) in [6, 6.07) is 1.35. The van der Waals surface area contributed by atoms with Crippen LogP contribution in [0.5, 0.6) is 0 Å². The SMILES string of the molecule is CN[C@@H](C)CNC1CC1(C)C. The molecule has 0 amide bonds. The Morgan fingerprint density at radius 2 is 2.09 bits per heavy atom. The van der Waals surface area contributed by atoms with Crippen LogP contribution in [0, 0.1) is 5.41 Å². The van der Waals surface area contributed by atoms with Crippen molar-refractivity contribution in [1.29, 1.82) is 0 Å². The highest BCUT2D eigenvalue weighted by atomic mass is 15.0. The highest BCUT2D eigenvalue weighted by Gasteiger charge is 2.44. The highest BCUT2D eigenvalue weighted by molar-refractivity contribution is 5.01. The van der Waals surface area contributed by atoms with Crippen LogP contribution in [0.25, 0.3) is 0 Å². The van der Waals surface area contributed by atoms with Crippen molar-refractivity contribution in [3.8, 4) is 0 Å². The predicted octanol–water partition coefficient (Wildman–Crippen LogP) is 0.982. The van der Waals surface area contributed by atoms with Crippen LogP contribution in [0.4, 0.5) is 0 Å². The fourth-order valence-corrected chi connectivity index (χ4v) is 1.24. The summed E-state index contributed by atoms with van der Waals surface area (Å²) in [5, 5.41) is 6.75. The van der Waals surface area contributed by atoms with Crippen molar-refractivity contribution in [2.45, 2.75) is 39.3 Å². The lowest BCUT2D eigenvalue weighted by Gasteiger charge is -2.12. The number of rotatable bonds is 4. The topological polar surface area (TPSA) is 24.1 Å². The molecule has 1 aliphatic rings. The van der Waals surface area contributed by atoms with E-state index in [4.69, 9.17) is 0 Å². The quantitative estimate of drug-likeness (QED) is 0.634. The summed E-state index contributed by atoms with van der Waals surface area (Å²) >= 11 is 0. The molecular formula is C9H20N2. The zero-order valence-electron chi connectivity index (χ0n) is 8.07. The van der Waals surface area contributed by atoms with Crippen molar-refractivity contribution in [1.82, 2.24) is 10.6 Å². The van der Waals surface area contributed by atoms with E-state index in [1.54, 1.807) is 0 Å². The minimum absolute atomic E-state index is 0.563. The lowest BCUT2D eigenvalue weighted by Crippen LogP contribution is -2.36. The summed E-state index contributed by atoms with van der Waals surface area (Å²) in [7, 11) is 2.00. The Labute approximate surface area is 69.8 Å². The lowest BCUT2D eigenvalue weighted by molar-refractivity contribution is 0.492. The molecule has 0 radical (unpaired) electrons. The van der Waals surface area contributed by atoms with Gasteiger partial charge in [0.25, 0.3) is 0 Å². The highest BCUT2D eigenvalue weighted by Crippen LogP contribution is 2.44. The van der Waals surface area contributed by atoms with Crippen molar-refractivity contribution in [3.63, 3.8) is 0 Å². The van der Waals surface area contributed by atoms with Gasteiger partial charge in [-0.3, -0.25) is 0 Å². The van der Waals surface area contributed by atoms with Gasteiger partial charge < -0.3 is 10.6 Å². The van der Waals surface area contributed by atoms with E-state index in [1.807, 2.05) is 7.05 Å². The van der Waals surface area contributed by atoms with Gasteiger partial charge >= 0.3 is 0 Å². The number of hydrogen-bond acceptors (Lipinski definition) is 2. The fourth-order valence-electron chi connectivity index (χ4n) is 1.24. The average molecular weight is 156 g/mol. The van der Waals surface area contributed by atoms with E-state index < -0.39 is 0 Å². The zero-order valence-corrected chi connectivity index (χ0v) is 8.07. The summed E-state index contributed by atoms with van der Waals surface area (Å²) < 4.78 is 0. The van der Waals surface area contributed by atoms with Crippen molar-refractivity contribution in [3.05, 3.63) is 0 Å².